The fourth-order valence-electron chi connectivity index (χ4n) is 0.507. The van der Waals surface area contributed by atoms with Crippen LogP contribution in [0.1, 0.15) is 5.56 Å². The predicted octanol–water partition coefficient (Wildman–Crippen LogP) is 2.01. The first-order chi connectivity index (χ1) is 4.33. The summed E-state index contributed by atoms with van der Waals surface area (Å²) in [5.74, 6) is 0. The molecule has 0 aliphatic carbocycles. The molecule has 1 nitrogen and oxygen atoms in total. The van der Waals surface area contributed by atoms with Crippen molar-refractivity contribution in [3.8, 4) is 6.07 Å². The minimum Gasteiger partial charge on any atom is -0.192 e. The van der Waals surface area contributed by atoms with Crippen LogP contribution in [0.4, 0.5) is 0 Å². The average Bonchev–Trinajstić information content (AvgIpc) is 1.88. The molecule has 0 aliphatic rings. The Morgan fingerprint density at radius 3 is 2.78 bits per heavy atom. The first kappa shape index (κ1) is 6.12. The molecule has 9 heavy (non-hydrogen) atoms. The zero-order chi connectivity index (χ0) is 6.69. The molecule has 0 unspecified atom stereocenters. The summed E-state index contributed by atoms with van der Waals surface area (Å²) < 4.78 is 0. The molecular formula is C7H3ClN. The summed E-state index contributed by atoms with van der Waals surface area (Å²) >= 11 is 5.54. The fraction of sp³-hybridized carbons (Fsp3) is 0. The quantitative estimate of drug-likeness (QED) is 0.535. The Kier molecular flexibility index (Phi) is 1.72. The van der Waals surface area contributed by atoms with Crippen molar-refractivity contribution in [3.63, 3.8) is 0 Å². The van der Waals surface area contributed by atoms with Gasteiger partial charge in [-0.3, -0.25) is 0 Å². The lowest BCUT2D eigenvalue weighted by molar-refractivity contribution is 1.48. The minimum absolute atomic E-state index is 0.544. The monoisotopic (exact) mass is 136 g/mol. The Morgan fingerprint density at radius 2 is 2.33 bits per heavy atom. The number of benzene rings is 1. The number of hydrogen-bond donors (Lipinski definition) is 0. The van der Waals surface area contributed by atoms with Gasteiger partial charge in [0.2, 0.25) is 0 Å². The van der Waals surface area contributed by atoms with Crippen molar-refractivity contribution < 1.29 is 0 Å². The molecule has 0 heterocycles. The number of rotatable bonds is 0. The molecule has 0 spiro atoms. The van der Waals surface area contributed by atoms with Crippen molar-refractivity contribution in [2.75, 3.05) is 0 Å². The predicted molar refractivity (Wildman–Crippen MR) is 35.0 cm³/mol. The molecule has 1 rings (SSSR count). The second-order valence-electron chi connectivity index (χ2n) is 1.55. The maximum absolute atomic E-state index is 8.33. The highest BCUT2D eigenvalue weighted by Crippen LogP contribution is 2.08. The number of hydrogen-bond acceptors (Lipinski definition) is 1. The van der Waals surface area contributed by atoms with Gasteiger partial charge in [-0.05, 0) is 24.3 Å². The number of halogens is 1. The van der Waals surface area contributed by atoms with Crippen LogP contribution in [-0.2, 0) is 0 Å². The third kappa shape index (κ3) is 1.45. The van der Waals surface area contributed by atoms with Crippen LogP contribution in [0.3, 0.4) is 0 Å². The Labute approximate surface area is 58.5 Å². The van der Waals surface area contributed by atoms with Gasteiger partial charge in [0, 0.05) is 5.02 Å². The van der Waals surface area contributed by atoms with Gasteiger partial charge in [0.1, 0.15) is 0 Å². The van der Waals surface area contributed by atoms with Gasteiger partial charge in [-0.15, -0.1) is 0 Å². The van der Waals surface area contributed by atoms with Gasteiger partial charge in [-0.25, -0.2) is 0 Å². The van der Waals surface area contributed by atoms with Crippen molar-refractivity contribution in [1.82, 2.24) is 0 Å². The maximum Gasteiger partial charge on any atom is 0.0992 e. The lowest BCUT2D eigenvalue weighted by Crippen LogP contribution is -1.70. The van der Waals surface area contributed by atoms with Gasteiger partial charge < -0.3 is 0 Å². The van der Waals surface area contributed by atoms with Gasteiger partial charge in [0.15, 0.2) is 0 Å². The van der Waals surface area contributed by atoms with E-state index >= 15 is 0 Å². The van der Waals surface area contributed by atoms with E-state index < -0.39 is 0 Å². The molecule has 1 aromatic rings. The van der Waals surface area contributed by atoms with Crippen LogP contribution in [0, 0.1) is 17.4 Å². The summed E-state index contributed by atoms with van der Waals surface area (Å²) in [6.45, 7) is 0. The van der Waals surface area contributed by atoms with Crippen molar-refractivity contribution in [1.29, 1.82) is 5.26 Å². The highest BCUT2D eigenvalue weighted by Gasteiger charge is 1.88. The van der Waals surface area contributed by atoms with Gasteiger partial charge in [-0.1, -0.05) is 11.6 Å². The van der Waals surface area contributed by atoms with Crippen LogP contribution in [0.2, 0.25) is 5.02 Å². The summed E-state index contributed by atoms with van der Waals surface area (Å²) in [5, 5.41) is 8.88. The third-order valence-electron chi connectivity index (χ3n) is 0.883. The van der Waals surface area contributed by atoms with E-state index in [1.54, 1.807) is 18.2 Å². The standard InChI is InChI=1S/C7H3ClN/c8-7-3-1-2-6(4-7)5-9/h2-4H. The van der Waals surface area contributed by atoms with Gasteiger partial charge in [0.05, 0.1) is 11.6 Å². The molecule has 0 saturated carbocycles. The molecule has 43 valence electrons. The molecule has 0 amide bonds. The van der Waals surface area contributed by atoms with E-state index in [1.807, 2.05) is 6.07 Å². The lowest BCUT2D eigenvalue weighted by atomic mass is 10.2. The van der Waals surface area contributed by atoms with Gasteiger partial charge in [0.25, 0.3) is 0 Å². The number of nitriles is 1. The highest BCUT2D eigenvalue weighted by molar-refractivity contribution is 6.30. The molecule has 0 aromatic heterocycles. The van der Waals surface area contributed by atoms with Gasteiger partial charge in [-0.2, -0.15) is 5.26 Å². The molecule has 1 aromatic carbocycles. The summed E-state index contributed by atoms with van der Waals surface area (Å²) in [5.41, 5.74) is 0.544. The topological polar surface area (TPSA) is 23.8 Å². The van der Waals surface area contributed by atoms with Crippen molar-refractivity contribution in [2.24, 2.45) is 0 Å². The van der Waals surface area contributed by atoms with E-state index in [-0.39, 0.29) is 0 Å². The van der Waals surface area contributed by atoms with Crippen molar-refractivity contribution in [3.05, 3.63) is 34.9 Å². The first-order valence-electron chi connectivity index (χ1n) is 2.39. The SMILES string of the molecule is N#Cc1c[c]cc(Cl)c1. The largest absolute Gasteiger partial charge is 0.192 e. The zero-order valence-electron chi connectivity index (χ0n) is 4.56. The molecule has 0 bridgehead atoms. The molecule has 0 aliphatic heterocycles. The van der Waals surface area contributed by atoms with Crippen LogP contribution in [0.15, 0.2) is 18.2 Å². The zero-order valence-corrected chi connectivity index (χ0v) is 5.31. The van der Waals surface area contributed by atoms with Crippen LogP contribution in [0.25, 0.3) is 0 Å². The van der Waals surface area contributed by atoms with Crippen LogP contribution >= 0.6 is 11.6 Å². The highest BCUT2D eigenvalue weighted by atomic mass is 35.5. The molecule has 0 N–H and O–H groups in total. The molecule has 0 fully saturated rings. The normalized spacial score (nSPS) is 8.44. The fourth-order valence-corrected chi connectivity index (χ4v) is 0.688. The Hall–Kier alpha value is -1.00. The maximum atomic E-state index is 8.33. The summed E-state index contributed by atoms with van der Waals surface area (Å²) in [6.07, 6.45) is 0. The van der Waals surface area contributed by atoms with E-state index in [0.29, 0.717) is 10.6 Å². The van der Waals surface area contributed by atoms with E-state index in [2.05, 4.69) is 6.07 Å². The first-order valence-corrected chi connectivity index (χ1v) is 2.77. The van der Waals surface area contributed by atoms with Crippen LogP contribution in [0.5, 0.6) is 0 Å². The minimum atomic E-state index is 0.544. The van der Waals surface area contributed by atoms with Crippen molar-refractivity contribution >= 4 is 11.6 Å². The van der Waals surface area contributed by atoms with Gasteiger partial charge >= 0.3 is 0 Å². The van der Waals surface area contributed by atoms with E-state index in [1.165, 1.54) is 0 Å². The summed E-state index contributed by atoms with van der Waals surface area (Å²) in [6, 6.07) is 9.48. The van der Waals surface area contributed by atoms with E-state index in [0.717, 1.165) is 0 Å². The Morgan fingerprint density at radius 1 is 1.56 bits per heavy atom. The van der Waals surface area contributed by atoms with Crippen LogP contribution in [-0.4, -0.2) is 0 Å². The third-order valence-corrected chi connectivity index (χ3v) is 1.10. The van der Waals surface area contributed by atoms with E-state index in [9.17, 15) is 0 Å². The van der Waals surface area contributed by atoms with Crippen molar-refractivity contribution in [2.45, 2.75) is 0 Å². The van der Waals surface area contributed by atoms with E-state index in [4.69, 9.17) is 16.9 Å². The molecule has 2 heteroatoms. The summed E-state index contributed by atoms with van der Waals surface area (Å²) in [4.78, 5) is 0. The van der Waals surface area contributed by atoms with Crippen LogP contribution < -0.4 is 0 Å². The molecule has 0 atom stereocenters. The molecule has 0 saturated heterocycles. The lowest BCUT2D eigenvalue weighted by Gasteiger charge is -1.85. The number of nitrogens with zero attached hydrogens (tertiary/aromatic N) is 1. The molecule has 1 radical (unpaired) electrons. The summed E-state index contributed by atoms with van der Waals surface area (Å²) in [7, 11) is 0. The average molecular weight is 137 g/mol. The molecular weight excluding hydrogens is 134 g/mol. The Bertz CT molecular complexity index is 249. The second-order valence-corrected chi connectivity index (χ2v) is 1.99. The second kappa shape index (κ2) is 2.52. The Balaban J connectivity index is 3.12. The smallest absolute Gasteiger partial charge is 0.0992 e.